The molecule has 2 heterocycles. The van der Waals surface area contributed by atoms with Crippen molar-refractivity contribution in [2.45, 2.75) is 33.2 Å². The molecule has 5 nitrogen and oxygen atoms in total. The second kappa shape index (κ2) is 7.62. The van der Waals surface area contributed by atoms with Gasteiger partial charge in [0.15, 0.2) is 0 Å². The summed E-state index contributed by atoms with van der Waals surface area (Å²) in [4.78, 5) is 18.8. The van der Waals surface area contributed by atoms with Crippen LogP contribution in [-0.2, 0) is 6.54 Å². The van der Waals surface area contributed by atoms with Crippen molar-refractivity contribution in [1.29, 1.82) is 0 Å². The molecule has 28 heavy (non-hydrogen) atoms. The maximum Gasteiger partial charge on any atom is 0.321 e. The summed E-state index contributed by atoms with van der Waals surface area (Å²) in [5, 5.41) is 2.84. The molecule has 0 radical (unpaired) electrons. The molecule has 2 aromatic carbocycles. The van der Waals surface area contributed by atoms with Gasteiger partial charge in [-0.2, -0.15) is 0 Å². The number of carbonyl (C=O) groups excluding carboxylic acids is 1. The number of amides is 2. The minimum absolute atomic E-state index is 0.121. The Morgan fingerprint density at radius 2 is 1.82 bits per heavy atom. The summed E-state index contributed by atoms with van der Waals surface area (Å²) < 4.78 is 15.2. The number of piperidine rings is 1. The second-order valence-electron chi connectivity index (χ2n) is 7.69. The Labute approximate surface area is 164 Å². The first-order chi connectivity index (χ1) is 13.5. The van der Waals surface area contributed by atoms with Crippen LogP contribution in [0.25, 0.3) is 11.0 Å². The van der Waals surface area contributed by atoms with E-state index in [1.54, 1.807) is 12.1 Å². The summed E-state index contributed by atoms with van der Waals surface area (Å²) in [6.07, 6.45) is 3.85. The monoisotopic (exact) mass is 380 g/mol. The topological polar surface area (TPSA) is 50.2 Å². The average Bonchev–Trinajstić information content (AvgIpc) is 3.06. The van der Waals surface area contributed by atoms with Crippen molar-refractivity contribution < 1.29 is 9.18 Å². The van der Waals surface area contributed by atoms with E-state index in [-0.39, 0.29) is 11.8 Å². The highest BCUT2D eigenvalue weighted by Gasteiger charge is 2.23. The van der Waals surface area contributed by atoms with Gasteiger partial charge in [-0.3, -0.25) is 0 Å². The highest BCUT2D eigenvalue weighted by atomic mass is 19.1. The number of aromatic nitrogens is 2. The molecule has 1 N–H and O–H groups in total. The zero-order chi connectivity index (χ0) is 19.7. The van der Waals surface area contributed by atoms with E-state index >= 15 is 0 Å². The number of nitrogens with one attached hydrogen (secondary N) is 1. The van der Waals surface area contributed by atoms with Gasteiger partial charge in [-0.1, -0.05) is 0 Å². The molecule has 0 aliphatic carbocycles. The summed E-state index contributed by atoms with van der Waals surface area (Å²) in [6.45, 7) is 6.61. The number of hydrogen-bond acceptors (Lipinski definition) is 2. The highest BCUT2D eigenvalue weighted by molar-refractivity contribution is 5.89. The molecule has 0 unspecified atom stereocenters. The number of likely N-dealkylation sites (tertiary alicyclic amines) is 1. The van der Waals surface area contributed by atoms with Crippen LogP contribution in [0.3, 0.4) is 0 Å². The lowest BCUT2D eigenvalue weighted by Gasteiger charge is -2.32. The lowest BCUT2D eigenvalue weighted by molar-refractivity contribution is 0.177. The van der Waals surface area contributed by atoms with Crippen molar-refractivity contribution in [1.82, 2.24) is 14.5 Å². The van der Waals surface area contributed by atoms with E-state index in [1.807, 2.05) is 11.2 Å². The van der Waals surface area contributed by atoms with Crippen molar-refractivity contribution >= 4 is 22.8 Å². The molecule has 0 spiro atoms. The van der Waals surface area contributed by atoms with E-state index in [9.17, 15) is 9.18 Å². The van der Waals surface area contributed by atoms with Gasteiger partial charge in [0, 0.05) is 25.3 Å². The van der Waals surface area contributed by atoms with Crippen LogP contribution in [0.1, 0.15) is 24.0 Å². The molecular formula is C22H25FN4O. The highest BCUT2D eigenvalue weighted by Crippen LogP contribution is 2.24. The van der Waals surface area contributed by atoms with Gasteiger partial charge in [0.1, 0.15) is 5.82 Å². The van der Waals surface area contributed by atoms with Gasteiger partial charge in [0.2, 0.25) is 0 Å². The van der Waals surface area contributed by atoms with Crippen LogP contribution in [0.15, 0.2) is 42.7 Å². The van der Waals surface area contributed by atoms with Gasteiger partial charge in [0.05, 0.1) is 17.4 Å². The van der Waals surface area contributed by atoms with Gasteiger partial charge in [-0.05, 0) is 80.1 Å². The van der Waals surface area contributed by atoms with Crippen molar-refractivity contribution in [2.75, 3.05) is 18.4 Å². The molecule has 1 aliphatic heterocycles. The molecule has 6 heteroatoms. The minimum Gasteiger partial charge on any atom is -0.330 e. The first-order valence-corrected chi connectivity index (χ1v) is 9.73. The Morgan fingerprint density at radius 3 is 2.54 bits per heavy atom. The molecular weight excluding hydrogens is 355 g/mol. The maximum absolute atomic E-state index is 13.0. The number of nitrogens with zero attached hydrogens (tertiary/aromatic N) is 3. The SMILES string of the molecule is Cc1cc2ncn(CC3CCN(C(=O)Nc4ccc(F)cc4)CC3)c2cc1C. The van der Waals surface area contributed by atoms with Crippen molar-refractivity contribution in [3.8, 4) is 0 Å². The van der Waals surface area contributed by atoms with Crippen molar-refractivity contribution in [2.24, 2.45) is 5.92 Å². The minimum atomic E-state index is -0.309. The first kappa shape index (κ1) is 18.5. The van der Waals surface area contributed by atoms with Gasteiger partial charge >= 0.3 is 6.03 Å². The third kappa shape index (κ3) is 3.86. The zero-order valence-electron chi connectivity index (χ0n) is 16.3. The van der Waals surface area contributed by atoms with Crippen molar-refractivity contribution in [3.05, 3.63) is 59.7 Å². The van der Waals surface area contributed by atoms with E-state index in [1.165, 1.54) is 28.8 Å². The fourth-order valence-electron chi connectivity index (χ4n) is 3.79. The smallest absolute Gasteiger partial charge is 0.321 e. The lowest BCUT2D eigenvalue weighted by atomic mass is 9.97. The van der Waals surface area contributed by atoms with Crippen LogP contribution in [0.4, 0.5) is 14.9 Å². The van der Waals surface area contributed by atoms with Crippen LogP contribution in [0.2, 0.25) is 0 Å². The Hall–Kier alpha value is -2.89. The van der Waals surface area contributed by atoms with Crippen LogP contribution >= 0.6 is 0 Å². The van der Waals surface area contributed by atoms with Gasteiger partial charge in [0.25, 0.3) is 0 Å². The fourth-order valence-corrected chi connectivity index (χ4v) is 3.79. The molecule has 0 bridgehead atoms. The number of aryl methyl sites for hydroxylation is 2. The summed E-state index contributed by atoms with van der Waals surface area (Å²) in [6, 6.07) is 10.1. The summed E-state index contributed by atoms with van der Waals surface area (Å²) in [5.74, 6) is 0.213. The molecule has 1 aliphatic rings. The maximum atomic E-state index is 13.0. The fraction of sp³-hybridized carbons (Fsp3) is 0.364. The van der Waals surface area contributed by atoms with E-state index in [0.717, 1.165) is 38.0 Å². The number of urea groups is 1. The van der Waals surface area contributed by atoms with Crippen molar-refractivity contribution in [3.63, 3.8) is 0 Å². The quantitative estimate of drug-likeness (QED) is 0.714. The summed E-state index contributed by atoms with van der Waals surface area (Å²) in [7, 11) is 0. The second-order valence-corrected chi connectivity index (χ2v) is 7.69. The number of fused-ring (bicyclic) bond motifs is 1. The molecule has 3 aromatic rings. The normalized spacial score (nSPS) is 15.2. The number of rotatable bonds is 3. The van der Waals surface area contributed by atoms with Crippen LogP contribution < -0.4 is 5.32 Å². The molecule has 146 valence electrons. The van der Waals surface area contributed by atoms with E-state index < -0.39 is 0 Å². The van der Waals surface area contributed by atoms with Crippen LogP contribution in [0.5, 0.6) is 0 Å². The Bertz CT molecular complexity index is 988. The van der Waals surface area contributed by atoms with Gasteiger partial charge < -0.3 is 14.8 Å². The lowest BCUT2D eigenvalue weighted by Crippen LogP contribution is -2.41. The van der Waals surface area contributed by atoms with E-state index in [2.05, 4.69) is 40.8 Å². The molecule has 0 atom stereocenters. The number of anilines is 1. The van der Waals surface area contributed by atoms with Gasteiger partial charge in [-0.15, -0.1) is 0 Å². The number of hydrogen-bond donors (Lipinski definition) is 1. The van der Waals surface area contributed by atoms with E-state index in [4.69, 9.17) is 0 Å². The summed E-state index contributed by atoms with van der Waals surface area (Å²) >= 11 is 0. The Kier molecular flexibility index (Phi) is 5.03. The predicted octanol–water partition coefficient (Wildman–Crippen LogP) is 4.74. The van der Waals surface area contributed by atoms with Crippen LogP contribution in [0, 0.1) is 25.6 Å². The van der Waals surface area contributed by atoms with Crippen LogP contribution in [-0.4, -0.2) is 33.6 Å². The molecule has 1 fully saturated rings. The van der Waals surface area contributed by atoms with E-state index in [0.29, 0.717) is 11.6 Å². The number of halogens is 1. The number of carbonyl (C=O) groups is 1. The third-order valence-corrected chi connectivity index (χ3v) is 5.69. The largest absolute Gasteiger partial charge is 0.330 e. The Morgan fingerprint density at radius 1 is 1.14 bits per heavy atom. The molecule has 1 saturated heterocycles. The predicted molar refractivity (Wildman–Crippen MR) is 109 cm³/mol. The average molecular weight is 380 g/mol. The standard InChI is InChI=1S/C22H25FN4O/c1-15-11-20-21(12-16(15)2)27(14-24-20)13-17-7-9-26(10-8-17)22(28)25-19-5-3-18(23)4-6-19/h3-6,11-12,14,17H,7-10,13H2,1-2H3,(H,25,28). The van der Waals surface area contributed by atoms with Gasteiger partial charge in [-0.25, -0.2) is 14.2 Å². The number of benzene rings is 2. The Balaban J connectivity index is 1.35. The molecule has 1 aromatic heterocycles. The molecule has 2 amide bonds. The third-order valence-electron chi connectivity index (χ3n) is 5.69. The molecule has 4 rings (SSSR count). The summed E-state index contributed by atoms with van der Waals surface area (Å²) in [5.41, 5.74) is 5.38. The number of imidazole rings is 1. The zero-order valence-corrected chi connectivity index (χ0v) is 16.3. The first-order valence-electron chi connectivity index (χ1n) is 9.73. The molecule has 0 saturated carbocycles.